The highest BCUT2D eigenvalue weighted by Gasteiger charge is 2.20. The number of benzene rings is 1. The molecule has 3 rings (SSSR count). The smallest absolute Gasteiger partial charge is 0.269 e. The molecule has 2 aromatic heterocycles. The van der Waals surface area contributed by atoms with Gasteiger partial charge in [-0.25, -0.2) is 0 Å². The van der Waals surface area contributed by atoms with Gasteiger partial charge in [0.05, 0.1) is 11.1 Å². The van der Waals surface area contributed by atoms with E-state index in [4.69, 9.17) is 4.42 Å². The number of hydrogen-bond donors (Lipinski definition) is 1. The van der Waals surface area contributed by atoms with Crippen LogP contribution in [0, 0.1) is 33.6 Å². The molecular weight excluding hydrogens is 372 g/mol. The summed E-state index contributed by atoms with van der Waals surface area (Å²) in [6, 6.07) is 8.54. The highest BCUT2D eigenvalue weighted by Crippen LogP contribution is 2.24. The van der Waals surface area contributed by atoms with Gasteiger partial charge in [-0.1, -0.05) is 0 Å². The molecule has 0 aliphatic heterocycles. The Kier molecular flexibility index (Phi) is 4.83. The van der Waals surface area contributed by atoms with Gasteiger partial charge in [-0.2, -0.15) is 27.6 Å². The van der Waals surface area contributed by atoms with E-state index < -0.39 is 34.1 Å². The summed E-state index contributed by atoms with van der Waals surface area (Å²) in [6.07, 6.45) is 1.02. The van der Waals surface area contributed by atoms with Crippen LogP contribution in [0.4, 0.5) is 28.9 Å². The molecule has 0 unspecified atom stereocenters. The second-order valence-corrected chi connectivity index (χ2v) is 5.07. The molecule has 0 amide bonds. The summed E-state index contributed by atoms with van der Waals surface area (Å²) in [7, 11) is 0. The molecule has 0 saturated heterocycles. The Morgan fingerprint density at radius 2 is 1.67 bits per heavy atom. The number of hydrogen-bond acceptors (Lipinski definition) is 6. The number of pyridine rings is 1. The Balaban J connectivity index is 1.76. The Hall–Kier alpha value is -3.76. The van der Waals surface area contributed by atoms with Crippen LogP contribution < -0.4 is 5.43 Å². The van der Waals surface area contributed by atoms with E-state index in [1.54, 1.807) is 0 Å². The second kappa shape index (κ2) is 7.23. The number of aromatic nitrogens is 1. The van der Waals surface area contributed by atoms with Crippen molar-refractivity contribution in [2.45, 2.75) is 0 Å². The third kappa shape index (κ3) is 3.76. The van der Waals surface area contributed by atoms with Gasteiger partial charge in [0.25, 0.3) is 17.6 Å². The highest BCUT2D eigenvalue weighted by atomic mass is 19.2. The molecule has 0 aliphatic carbocycles. The Labute approximate surface area is 148 Å². The average molecular weight is 380 g/mol. The number of halogens is 4. The fourth-order valence-electron chi connectivity index (χ4n) is 2.07. The van der Waals surface area contributed by atoms with Crippen LogP contribution in [-0.4, -0.2) is 16.1 Å². The van der Waals surface area contributed by atoms with Crippen LogP contribution in [0.3, 0.4) is 0 Å². The summed E-state index contributed by atoms with van der Waals surface area (Å²) in [5.74, 6) is -6.58. The maximum atomic E-state index is 13.4. The standard InChI is InChI=1S/C16H8F4N4O3/c17-12-14(13(18)16(20)22-15(12)19)23-21-7-10-5-6-11(27-10)8-1-3-9(4-2-8)24(25)26/h1-7H,(H,22,23)/b21-7-. The molecule has 0 spiro atoms. The van der Waals surface area contributed by atoms with Gasteiger partial charge in [-0.15, -0.1) is 0 Å². The lowest BCUT2D eigenvalue weighted by Crippen LogP contribution is -2.05. The molecule has 2 heterocycles. The van der Waals surface area contributed by atoms with Crippen molar-refractivity contribution in [1.29, 1.82) is 0 Å². The molecule has 3 aromatic rings. The summed E-state index contributed by atoms with van der Waals surface area (Å²) < 4.78 is 58.3. The summed E-state index contributed by atoms with van der Waals surface area (Å²) >= 11 is 0. The molecule has 11 heteroatoms. The lowest BCUT2D eigenvalue weighted by Gasteiger charge is -2.04. The van der Waals surface area contributed by atoms with Crippen LogP contribution in [0.2, 0.25) is 0 Å². The molecule has 0 fully saturated rings. The lowest BCUT2D eigenvalue weighted by atomic mass is 10.1. The van der Waals surface area contributed by atoms with E-state index in [2.05, 4.69) is 10.1 Å². The molecule has 138 valence electrons. The van der Waals surface area contributed by atoms with E-state index in [-0.39, 0.29) is 11.4 Å². The van der Waals surface area contributed by atoms with Gasteiger partial charge in [0, 0.05) is 17.7 Å². The fraction of sp³-hybridized carbons (Fsp3) is 0. The van der Waals surface area contributed by atoms with Gasteiger partial charge in [0.15, 0.2) is 0 Å². The Morgan fingerprint density at radius 3 is 2.26 bits per heavy atom. The first-order chi connectivity index (χ1) is 12.9. The maximum Gasteiger partial charge on any atom is 0.269 e. The van der Waals surface area contributed by atoms with Gasteiger partial charge in [-0.05, 0) is 24.3 Å². The minimum absolute atomic E-state index is 0.0860. The van der Waals surface area contributed by atoms with Crippen molar-refractivity contribution >= 4 is 17.6 Å². The second-order valence-electron chi connectivity index (χ2n) is 5.07. The molecule has 0 aliphatic rings. The zero-order valence-corrected chi connectivity index (χ0v) is 13.1. The van der Waals surface area contributed by atoms with E-state index in [0.717, 1.165) is 6.21 Å². The molecule has 0 radical (unpaired) electrons. The Bertz CT molecular complexity index is 1010. The minimum Gasteiger partial charge on any atom is -0.455 e. The van der Waals surface area contributed by atoms with E-state index in [9.17, 15) is 27.7 Å². The monoisotopic (exact) mass is 380 g/mol. The topological polar surface area (TPSA) is 93.6 Å². The molecule has 1 N–H and O–H groups in total. The zero-order chi connectivity index (χ0) is 19.6. The Morgan fingerprint density at radius 1 is 1.04 bits per heavy atom. The largest absolute Gasteiger partial charge is 0.455 e. The number of nitrogens with one attached hydrogen (secondary N) is 1. The number of nitro groups is 1. The number of furan rings is 1. The van der Waals surface area contributed by atoms with E-state index in [0.29, 0.717) is 11.3 Å². The fourth-order valence-corrected chi connectivity index (χ4v) is 2.07. The van der Waals surface area contributed by atoms with Gasteiger partial charge in [0.1, 0.15) is 17.2 Å². The first-order valence-electron chi connectivity index (χ1n) is 7.20. The van der Waals surface area contributed by atoms with Crippen molar-refractivity contribution in [2.24, 2.45) is 5.10 Å². The first-order valence-corrected chi connectivity index (χ1v) is 7.20. The number of nitro benzene ring substituents is 1. The van der Waals surface area contributed by atoms with E-state index >= 15 is 0 Å². The molecule has 0 saturated carbocycles. The van der Waals surface area contributed by atoms with Crippen molar-refractivity contribution in [2.75, 3.05) is 5.43 Å². The number of anilines is 1. The zero-order valence-electron chi connectivity index (χ0n) is 13.1. The normalized spacial score (nSPS) is 11.1. The average Bonchev–Trinajstić information content (AvgIpc) is 3.12. The predicted octanol–water partition coefficient (Wildman–Crippen LogP) is 4.25. The first kappa shape index (κ1) is 18.0. The molecule has 27 heavy (non-hydrogen) atoms. The summed E-state index contributed by atoms with van der Waals surface area (Å²) in [6.45, 7) is 0. The van der Waals surface area contributed by atoms with Gasteiger partial charge in [-0.3, -0.25) is 15.5 Å². The van der Waals surface area contributed by atoms with Crippen LogP contribution >= 0.6 is 0 Å². The molecule has 0 atom stereocenters. The third-order valence-electron chi connectivity index (χ3n) is 3.36. The van der Waals surface area contributed by atoms with Gasteiger partial charge >= 0.3 is 0 Å². The summed E-state index contributed by atoms with van der Waals surface area (Å²) in [5.41, 5.74) is 1.16. The molecule has 7 nitrogen and oxygen atoms in total. The van der Waals surface area contributed by atoms with E-state index in [1.165, 1.54) is 36.4 Å². The van der Waals surface area contributed by atoms with Crippen molar-refractivity contribution in [3.8, 4) is 11.3 Å². The van der Waals surface area contributed by atoms with Crippen LogP contribution in [-0.2, 0) is 0 Å². The van der Waals surface area contributed by atoms with Gasteiger partial charge in [0.2, 0.25) is 11.6 Å². The van der Waals surface area contributed by atoms with E-state index in [1.807, 2.05) is 5.43 Å². The number of nitrogens with zero attached hydrogens (tertiary/aromatic N) is 3. The van der Waals surface area contributed by atoms with Crippen LogP contribution in [0.15, 0.2) is 45.9 Å². The SMILES string of the molecule is O=[N+]([O-])c1ccc(-c2ccc(/C=N\Nc3c(F)c(F)nc(F)c3F)o2)cc1. The van der Waals surface area contributed by atoms with Crippen LogP contribution in [0.1, 0.15) is 5.76 Å². The third-order valence-corrected chi connectivity index (χ3v) is 3.36. The molecule has 1 aromatic carbocycles. The predicted molar refractivity (Wildman–Crippen MR) is 86.1 cm³/mol. The van der Waals surface area contributed by atoms with Gasteiger partial charge < -0.3 is 4.42 Å². The number of non-ortho nitro benzene ring substituents is 1. The van der Waals surface area contributed by atoms with Crippen molar-refractivity contribution < 1.29 is 26.9 Å². The maximum absolute atomic E-state index is 13.4. The van der Waals surface area contributed by atoms with Crippen molar-refractivity contribution in [1.82, 2.24) is 4.98 Å². The summed E-state index contributed by atoms with van der Waals surface area (Å²) in [5, 5.41) is 14.1. The molecule has 0 bridgehead atoms. The number of hydrazone groups is 1. The lowest BCUT2D eigenvalue weighted by molar-refractivity contribution is -0.384. The van der Waals surface area contributed by atoms with Crippen LogP contribution in [0.5, 0.6) is 0 Å². The minimum atomic E-state index is -1.81. The number of rotatable bonds is 5. The van der Waals surface area contributed by atoms with Crippen molar-refractivity contribution in [3.05, 3.63) is 75.8 Å². The molecular formula is C16H8F4N4O3. The quantitative estimate of drug-likeness (QED) is 0.235. The highest BCUT2D eigenvalue weighted by molar-refractivity contribution is 5.78. The van der Waals surface area contributed by atoms with Crippen LogP contribution in [0.25, 0.3) is 11.3 Å². The summed E-state index contributed by atoms with van der Waals surface area (Å²) in [4.78, 5) is 12.5. The van der Waals surface area contributed by atoms with Crippen molar-refractivity contribution in [3.63, 3.8) is 0 Å².